The maximum atomic E-state index is 11.4. The van der Waals surface area contributed by atoms with Gasteiger partial charge in [-0.2, -0.15) is 0 Å². The zero-order chi connectivity index (χ0) is 14.4. The molecule has 0 bridgehead atoms. The molecule has 106 valence electrons. The topological polar surface area (TPSA) is 51.5 Å². The number of methoxy groups -OCH3 is 1. The van der Waals surface area contributed by atoms with Gasteiger partial charge in [-0.05, 0) is 30.7 Å². The molecule has 2 rings (SSSR count). The summed E-state index contributed by atoms with van der Waals surface area (Å²) in [6, 6.07) is 13.7. The molecule has 4 nitrogen and oxygen atoms in total. The van der Waals surface area contributed by atoms with Gasteiger partial charge in [-0.25, -0.2) is 4.79 Å². The van der Waals surface area contributed by atoms with E-state index in [9.17, 15) is 4.79 Å². The summed E-state index contributed by atoms with van der Waals surface area (Å²) >= 11 is 0. The first-order chi connectivity index (χ1) is 9.74. The van der Waals surface area contributed by atoms with Gasteiger partial charge >= 0.3 is 5.97 Å². The Balaban J connectivity index is 2.16. The minimum atomic E-state index is -0.453. The number of carbonyl (C=O) groups excluding carboxylic acids is 1. The summed E-state index contributed by atoms with van der Waals surface area (Å²) in [6.07, 6.45) is 0.808. The molecule has 1 heterocycles. The number of ether oxygens (including phenoxy) is 1. The zero-order valence-corrected chi connectivity index (χ0v) is 11.8. The van der Waals surface area contributed by atoms with E-state index in [1.807, 2.05) is 31.2 Å². The summed E-state index contributed by atoms with van der Waals surface area (Å²) in [6.45, 7) is 2.87. The van der Waals surface area contributed by atoms with E-state index >= 15 is 0 Å². The quantitative estimate of drug-likeness (QED) is 0.822. The van der Waals surface area contributed by atoms with Crippen LogP contribution in [0.5, 0.6) is 0 Å². The Bertz CT molecular complexity index is 548. The van der Waals surface area contributed by atoms with E-state index in [4.69, 9.17) is 4.42 Å². The molecule has 1 aromatic carbocycles. The molecular weight excluding hydrogens is 254 g/mol. The van der Waals surface area contributed by atoms with Gasteiger partial charge in [0, 0.05) is 0 Å². The van der Waals surface area contributed by atoms with Crippen molar-refractivity contribution >= 4 is 5.97 Å². The summed E-state index contributed by atoms with van der Waals surface area (Å²) in [7, 11) is 1.34. The minimum absolute atomic E-state index is 0.0424. The van der Waals surface area contributed by atoms with Crippen LogP contribution in [0.1, 0.15) is 34.8 Å². The van der Waals surface area contributed by atoms with E-state index in [1.54, 1.807) is 6.07 Å². The van der Waals surface area contributed by atoms with Crippen molar-refractivity contribution in [2.75, 3.05) is 13.7 Å². The Kier molecular flexibility index (Phi) is 4.96. The first-order valence-electron chi connectivity index (χ1n) is 6.70. The second-order valence-corrected chi connectivity index (χ2v) is 4.49. The van der Waals surface area contributed by atoms with Crippen LogP contribution < -0.4 is 5.32 Å². The second kappa shape index (κ2) is 6.91. The molecule has 0 saturated heterocycles. The molecule has 0 amide bonds. The van der Waals surface area contributed by atoms with Gasteiger partial charge in [-0.3, -0.25) is 0 Å². The molecule has 0 aliphatic carbocycles. The Morgan fingerprint density at radius 2 is 2.00 bits per heavy atom. The highest BCUT2D eigenvalue weighted by Crippen LogP contribution is 2.21. The van der Waals surface area contributed by atoms with Crippen molar-refractivity contribution in [3.8, 4) is 0 Å². The number of nitrogens with one attached hydrogen (secondary N) is 1. The van der Waals surface area contributed by atoms with Gasteiger partial charge in [-0.15, -0.1) is 0 Å². The van der Waals surface area contributed by atoms with Crippen LogP contribution in [0.2, 0.25) is 0 Å². The summed E-state index contributed by atoms with van der Waals surface area (Å²) in [5.74, 6) is 0.528. The molecule has 0 radical (unpaired) electrons. The molecule has 4 heteroatoms. The molecule has 0 spiro atoms. The van der Waals surface area contributed by atoms with E-state index in [-0.39, 0.29) is 11.8 Å². The molecule has 1 unspecified atom stereocenters. The molecule has 2 aromatic rings. The summed E-state index contributed by atoms with van der Waals surface area (Å²) in [4.78, 5) is 11.4. The molecule has 0 saturated carbocycles. The first-order valence-corrected chi connectivity index (χ1v) is 6.70. The third-order valence-electron chi connectivity index (χ3n) is 3.09. The van der Waals surface area contributed by atoms with E-state index in [0.717, 1.165) is 18.7 Å². The van der Waals surface area contributed by atoms with Crippen molar-refractivity contribution in [1.82, 2.24) is 5.32 Å². The lowest BCUT2D eigenvalue weighted by Crippen LogP contribution is -2.22. The lowest BCUT2D eigenvalue weighted by atomic mass is 10.0. The molecule has 0 aliphatic rings. The standard InChI is InChI=1S/C16H19NO3/c1-3-17-13(11-12-7-5-4-6-8-12)14-9-10-15(20-14)16(18)19-2/h4-10,13,17H,3,11H2,1-2H3. The van der Waals surface area contributed by atoms with E-state index in [0.29, 0.717) is 0 Å². The normalized spacial score (nSPS) is 12.1. The summed E-state index contributed by atoms with van der Waals surface area (Å²) < 4.78 is 10.2. The molecular formula is C16H19NO3. The van der Waals surface area contributed by atoms with Crippen LogP contribution in [0.15, 0.2) is 46.9 Å². The first kappa shape index (κ1) is 14.3. The monoisotopic (exact) mass is 273 g/mol. The van der Waals surface area contributed by atoms with Gasteiger partial charge in [0.15, 0.2) is 0 Å². The predicted molar refractivity (Wildman–Crippen MR) is 76.6 cm³/mol. The largest absolute Gasteiger partial charge is 0.463 e. The van der Waals surface area contributed by atoms with Gasteiger partial charge in [-0.1, -0.05) is 37.3 Å². The number of rotatable bonds is 6. The molecule has 0 fully saturated rings. The third kappa shape index (κ3) is 3.48. The zero-order valence-electron chi connectivity index (χ0n) is 11.8. The number of esters is 1. The van der Waals surface area contributed by atoms with Crippen molar-refractivity contribution in [2.45, 2.75) is 19.4 Å². The van der Waals surface area contributed by atoms with Crippen LogP contribution in [0, 0.1) is 0 Å². The van der Waals surface area contributed by atoms with E-state index in [1.165, 1.54) is 12.7 Å². The lowest BCUT2D eigenvalue weighted by Gasteiger charge is -2.15. The van der Waals surface area contributed by atoms with Crippen molar-refractivity contribution in [3.63, 3.8) is 0 Å². The van der Waals surface area contributed by atoms with Gasteiger partial charge in [0.05, 0.1) is 13.2 Å². The van der Waals surface area contributed by atoms with Gasteiger partial charge in [0.2, 0.25) is 5.76 Å². The minimum Gasteiger partial charge on any atom is -0.463 e. The molecule has 1 atom stereocenters. The second-order valence-electron chi connectivity index (χ2n) is 4.49. The van der Waals surface area contributed by atoms with Crippen LogP contribution in [-0.2, 0) is 11.2 Å². The van der Waals surface area contributed by atoms with Crippen LogP contribution in [0.3, 0.4) is 0 Å². The number of furan rings is 1. The van der Waals surface area contributed by atoms with Crippen molar-refractivity contribution in [1.29, 1.82) is 0 Å². The summed E-state index contributed by atoms with van der Waals surface area (Å²) in [5, 5.41) is 3.37. The van der Waals surface area contributed by atoms with E-state index in [2.05, 4.69) is 22.2 Å². The number of likely N-dealkylation sites (N-methyl/N-ethyl adjacent to an activating group) is 1. The Labute approximate surface area is 118 Å². The van der Waals surface area contributed by atoms with Crippen molar-refractivity contribution in [2.24, 2.45) is 0 Å². The Morgan fingerprint density at radius 3 is 2.65 bits per heavy atom. The number of hydrogen-bond acceptors (Lipinski definition) is 4. The van der Waals surface area contributed by atoms with Crippen molar-refractivity contribution in [3.05, 3.63) is 59.5 Å². The Hall–Kier alpha value is -2.07. The highest BCUT2D eigenvalue weighted by Gasteiger charge is 2.18. The third-order valence-corrected chi connectivity index (χ3v) is 3.09. The molecule has 20 heavy (non-hydrogen) atoms. The lowest BCUT2D eigenvalue weighted by molar-refractivity contribution is 0.0562. The summed E-state index contributed by atoms with van der Waals surface area (Å²) in [5.41, 5.74) is 1.22. The average Bonchev–Trinajstić information content (AvgIpc) is 2.97. The van der Waals surface area contributed by atoms with Gasteiger partial charge in [0.1, 0.15) is 5.76 Å². The van der Waals surface area contributed by atoms with Crippen molar-refractivity contribution < 1.29 is 13.9 Å². The van der Waals surface area contributed by atoms with Gasteiger partial charge < -0.3 is 14.5 Å². The fourth-order valence-electron chi connectivity index (χ4n) is 2.12. The molecule has 1 N–H and O–H groups in total. The molecule has 0 aliphatic heterocycles. The molecule has 1 aromatic heterocycles. The Morgan fingerprint density at radius 1 is 1.25 bits per heavy atom. The maximum Gasteiger partial charge on any atom is 0.373 e. The van der Waals surface area contributed by atoms with Gasteiger partial charge in [0.25, 0.3) is 0 Å². The average molecular weight is 273 g/mol. The predicted octanol–water partition coefficient (Wildman–Crippen LogP) is 2.96. The highest BCUT2D eigenvalue weighted by molar-refractivity contribution is 5.86. The van der Waals surface area contributed by atoms with Crippen LogP contribution in [0.25, 0.3) is 0 Å². The SMILES string of the molecule is CCNC(Cc1ccccc1)c1ccc(C(=O)OC)o1. The highest BCUT2D eigenvalue weighted by atomic mass is 16.5. The smallest absolute Gasteiger partial charge is 0.373 e. The van der Waals surface area contributed by atoms with E-state index < -0.39 is 5.97 Å². The number of benzene rings is 1. The maximum absolute atomic E-state index is 11.4. The number of carbonyl (C=O) groups is 1. The fraction of sp³-hybridized carbons (Fsp3) is 0.312. The number of hydrogen-bond donors (Lipinski definition) is 1. The van der Waals surface area contributed by atoms with Crippen LogP contribution >= 0.6 is 0 Å². The van der Waals surface area contributed by atoms with Crippen LogP contribution in [-0.4, -0.2) is 19.6 Å². The van der Waals surface area contributed by atoms with Crippen LogP contribution in [0.4, 0.5) is 0 Å². The fourth-order valence-corrected chi connectivity index (χ4v) is 2.12.